The van der Waals surface area contributed by atoms with Crippen molar-refractivity contribution in [3.63, 3.8) is 0 Å². The number of para-hydroxylation sites is 1. The number of unbranched alkanes of at least 4 members (excludes halogenated alkanes) is 2. The quantitative estimate of drug-likeness (QED) is 0.701. The lowest BCUT2D eigenvalue weighted by molar-refractivity contribution is 0.0697. The number of hydrogen-bond acceptors (Lipinski definition) is 3. The highest BCUT2D eigenvalue weighted by Crippen LogP contribution is 2.19. The van der Waals surface area contributed by atoms with Gasteiger partial charge in [-0.1, -0.05) is 6.07 Å². The van der Waals surface area contributed by atoms with Crippen molar-refractivity contribution in [3.05, 3.63) is 29.6 Å². The van der Waals surface area contributed by atoms with E-state index in [0.29, 0.717) is 13.2 Å². The minimum Gasteiger partial charge on any atom is -0.478 e. The molecule has 0 unspecified atom stereocenters. The van der Waals surface area contributed by atoms with Crippen LogP contribution >= 0.6 is 0 Å². The standard InChI is InChI=1S/C13H18FNO3/c1-18-9-4-2-3-8-15-12-10(13(16)17)6-5-7-11(12)14/h5-7,15H,2-4,8-9H2,1H3,(H,16,17). The SMILES string of the molecule is COCCCCCNc1c(F)cccc1C(=O)O. The number of anilines is 1. The second kappa shape index (κ2) is 7.66. The van der Waals surface area contributed by atoms with Gasteiger partial charge in [0.1, 0.15) is 5.82 Å². The Kier molecular flexibility index (Phi) is 6.14. The zero-order valence-electron chi connectivity index (χ0n) is 10.4. The van der Waals surface area contributed by atoms with E-state index in [9.17, 15) is 9.18 Å². The molecule has 0 heterocycles. The lowest BCUT2D eigenvalue weighted by atomic mass is 10.1. The van der Waals surface area contributed by atoms with Crippen molar-refractivity contribution in [3.8, 4) is 0 Å². The van der Waals surface area contributed by atoms with Crippen LogP contribution in [0.5, 0.6) is 0 Å². The van der Waals surface area contributed by atoms with Gasteiger partial charge in [-0.25, -0.2) is 9.18 Å². The Morgan fingerprint density at radius 2 is 2.17 bits per heavy atom. The van der Waals surface area contributed by atoms with E-state index in [-0.39, 0.29) is 11.3 Å². The summed E-state index contributed by atoms with van der Waals surface area (Å²) >= 11 is 0. The molecule has 1 rings (SSSR count). The maximum Gasteiger partial charge on any atom is 0.337 e. The third-order valence-corrected chi connectivity index (χ3v) is 2.57. The number of carbonyl (C=O) groups is 1. The summed E-state index contributed by atoms with van der Waals surface area (Å²) in [7, 11) is 1.65. The highest BCUT2D eigenvalue weighted by molar-refractivity contribution is 5.94. The molecule has 0 saturated carbocycles. The molecule has 2 N–H and O–H groups in total. The van der Waals surface area contributed by atoms with E-state index in [4.69, 9.17) is 9.84 Å². The van der Waals surface area contributed by atoms with Gasteiger partial charge < -0.3 is 15.2 Å². The number of benzene rings is 1. The lowest BCUT2D eigenvalue weighted by Crippen LogP contribution is -2.09. The number of methoxy groups -OCH3 is 1. The van der Waals surface area contributed by atoms with Crippen LogP contribution in [0.4, 0.5) is 10.1 Å². The molecular weight excluding hydrogens is 237 g/mol. The molecule has 4 nitrogen and oxygen atoms in total. The molecule has 0 atom stereocenters. The van der Waals surface area contributed by atoms with Crippen LogP contribution < -0.4 is 5.32 Å². The van der Waals surface area contributed by atoms with Crippen molar-refractivity contribution in [2.24, 2.45) is 0 Å². The first-order valence-corrected chi connectivity index (χ1v) is 5.91. The maximum atomic E-state index is 13.5. The van der Waals surface area contributed by atoms with Gasteiger partial charge in [0.25, 0.3) is 0 Å². The average molecular weight is 255 g/mol. The minimum absolute atomic E-state index is 0.0353. The van der Waals surface area contributed by atoms with E-state index < -0.39 is 11.8 Å². The van der Waals surface area contributed by atoms with Crippen molar-refractivity contribution in [2.75, 3.05) is 25.6 Å². The molecule has 5 heteroatoms. The molecule has 0 aliphatic rings. The van der Waals surface area contributed by atoms with Gasteiger partial charge in [0.05, 0.1) is 11.3 Å². The normalized spacial score (nSPS) is 10.3. The van der Waals surface area contributed by atoms with Gasteiger partial charge >= 0.3 is 5.97 Å². The summed E-state index contributed by atoms with van der Waals surface area (Å²) in [5.41, 5.74) is 0.0311. The van der Waals surface area contributed by atoms with Crippen LogP contribution in [0, 0.1) is 5.82 Å². The zero-order chi connectivity index (χ0) is 13.4. The summed E-state index contributed by atoms with van der Waals surface area (Å²) < 4.78 is 18.4. The smallest absolute Gasteiger partial charge is 0.337 e. The summed E-state index contributed by atoms with van der Waals surface area (Å²) in [5.74, 6) is -1.66. The molecule has 0 radical (unpaired) electrons. The average Bonchev–Trinajstić information content (AvgIpc) is 2.34. The first-order chi connectivity index (χ1) is 8.66. The Morgan fingerprint density at radius 1 is 1.39 bits per heavy atom. The van der Waals surface area contributed by atoms with E-state index in [1.165, 1.54) is 18.2 Å². The summed E-state index contributed by atoms with van der Waals surface area (Å²) in [4.78, 5) is 10.9. The molecule has 18 heavy (non-hydrogen) atoms. The number of halogens is 1. The van der Waals surface area contributed by atoms with Crippen LogP contribution in [0.15, 0.2) is 18.2 Å². The fourth-order valence-electron chi connectivity index (χ4n) is 1.64. The number of carboxylic acids is 1. The number of nitrogens with one attached hydrogen (secondary N) is 1. The molecule has 1 aromatic carbocycles. The van der Waals surface area contributed by atoms with E-state index in [0.717, 1.165) is 19.3 Å². The molecule has 0 bridgehead atoms. The van der Waals surface area contributed by atoms with Crippen molar-refractivity contribution >= 4 is 11.7 Å². The monoisotopic (exact) mass is 255 g/mol. The van der Waals surface area contributed by atoms with E-state index >= 15 is 0 Å². The van der Waals surface area contributed by atoms with Gasteiger partial charge in [0, 0.05) is 20.3 Å². The van der Waals surface area contributed by atoms with Crippen LogP contribution in [0.2, 0.25) is 0 Å². The van der Waals surface area contributed by atoms with Crippen molar-refractivity contribution < 1.29 is 19.0 Å². The van der Waals surface area contributed by atoms with Gasteiger partial charge in [0.15, 0.2) is 0 Å². The van der Waals surface area contributed by atoms with Crippen LogP contribution in [-0.4, -0.2) is 31.3 Å². The first-order valence-electron chi connectivity index (χ1n) is 5.91. The number of ether oxygens (including phenoxy) is 1. The predicted molar refractivity (Wildman–Crippen MR) is 67.6 cm³/mol. The van der Waals surface area contributed by atoms with E-state index in [1.807, 2.05) is 0 Å². The van der Waals surface area contributed by atoms with Crippen molar-refractivity contribution in [1.29, 1.82) is 0 Å². The summed E-state index contributed by atoms with van der Waals surface area (Å²) in [6, 6.07) is 4.03. The minimum atomic E-state index is -1.13. The zero-order valence-corrected chi connectivity index (χ0v) is 10.4. The number of rotatable bonds is 8. The summed E-state index contributed by atoms with van der Waals surface area (Å²) in [5, 5.41) is 11.8. The lowest BCUT2D eigenvalue weighted by Gasteiger charge is -2.10. The van der Waals surface area contributed by atoms with Crippen molar-refractivity contribution in [1.82, 2.24) is 0 Å². The Hall–Kier alpha value is -1.62. The molecule has 100 valence electrons. The number of hydrogen-bond donors (Lipinski definition) is 2. The largest absolute Gasteiger partial charge is 0.478 e. The highest BCUT2D eigenvalue weighted by atomic mass is 19.1. The predicted octanol–water partition coefficient (Wildman–Crippen LogP) is 2.75. The third kappa shape index (κ3) is 4.33. The molecular formula is C13H18FNO3. The van der Waals surface area contributed by atoms with E-state index in [2.05, 4.69) is 5.32 Å². The van der Waals surface area contributed by atoms with Gasteiger partial charge in [-0.15, -0.1) is 0 Å². The Labute approximate surface area is 106 Å². The Balaban J connectivity index is 2.48. The third-order valence-electron chi connectivity index (χ3n) is 2.57. The fraction of sp³-hybridized carbons (Fsp3) is 0.462. The molecule has 0 fully saturated rings. The van der Waals surface area contributed by atoms with Gasteiger partial charge in [-0.05, 0) is 31.4 Å². The molecule has 0 aliphatic heterocycles. The van der Waals surface area contributed by atoms with Gasteiger partial charge in [-0.3, -0.25) is 0 Å². The fourth-order valence-corrected chi connectivity index (χ4v) is 1.64. The maximum absolute atomic E-state index is 13.5. The van der Waals surface area contributed by atoms with Crippen LogP contribution in [0.25, 0.3) is 0 Å². The molecule has 0 aromatic heterocycles. The topological polar surface area (TPSA) is 58.6 Å². The highest BCUT2D eigenvalue weighted by Gasteiger charge is 2.13. The van der Waals surface area contributed by atoms with Crippen LogP contribution in [0.3, 0.4) is 0 Å². The Bertz CT molecular complexity index is 396. The number of aromatic carboxylic acids is 1. The molecule has 1 aromatic rings. The number of carboxylic acid groups (broad SMARTS) is 1. The second-order valence-corrected chi connectivity index (χ2v) is 3.95. The van der Waals surface area contributed by atoms with Gasteiger partial charge in [-0.2, -0.15) is 0 Å². The Morgan fingerprint density at radius 3 is 2.83 bits per heavy atom. The van der Waals surface area contributed by atoms with Gasteiger partial charge in [0.2, 0.25) is 0 Å². The van der Waals surface area contributed by atoms with Crippen LogP contribution in [0.1, 0.15) is 29.6 Å². The molecule has 0 aliphatic carbocycles. The summed E-state index contributed by atoms with van der Waals surface area (Å²) in [6.45, 7) is 1.25. The van der Waals surface area contributed by atoms with Crippen LogP contribution in [-0.2, 0) is 4.74 Å². The first kappa shape index (κ1) is 14.4. The summed E-state index contributed by atoms with van der Waals surface area (Å²) in [6.07, 6.45) is 2.75. The molecule has 0 spiro atoms. The molecule has 0 saturated heterocycles. The molecule has 0 amide bonds. The second-order valence-electron chi connectivity index (χ2n) is 3.95. The van der Waals surface area contributed by atoms with Crippen molar-refractivity contribution in [2.45, 2.75) is 19.3 Å². The van der Waals surface area contributed by atoms with E-state index in [1.54, 1.807) is 7.11 Å².